The maximum absolute atomic E-state index is 12.9. The summed E-state index contributed by atoms with van der Waals surface area (Å²) in [5.41, 5.74) is 6.76. The molecule has 0 spiro atoms. The molecule has 0 radical (unpaired) electrons. The van der Waals surface area contributed by atoms with Crippen LogP contribution in [0.2, 0.25) is 0 Å². The van der Waals surface area contributed by atoms with E-state index in [4.69, 9.17) is 5.73 Å². The second-order valence-electron chi connectivity index (χ2n) is 4.78. The predicted molar refractivity (Wildman–Crippen MR) is 75.1 cm³/mol. The molecule has 0 heterocycles. The number of nitrogens with zero attached hydrogens (tertiary/aromatic N) is 1. The van der Waals surface area contributed by atoms with E-state index in [1.54, 1.807) is 17.0 Å². The third-order valence-electron chi connectivity index (χ3n) is 3.44. The average molecular weight is 266 g/mol. The van der Waals surface area contributed by atoms with Crippen molar-refractivity contribution in [2.24, 2.45) is 5.73 Å². The molecule has 0 aliphatic heterocycles. The normalized spacial score (nSPS) is 13.9. The second kappa shape index (κ2) is 7.24. The molecule has 0 bridgehead atoms. The summed E-state index contributed by atoms with van der Waals surface area (Å²) in [6, 6.07) is 6.11. The third-order valence-corrected chi connectivity index (χ3v) is 3.44. The van der Waals surface area contributed by atoms with Crippen molar-refractivity contribution in [2.75, 3.05) is 6.54 Å². The molecule has 0 aliphatic carbocycles. The van der Waals surface area contributed by atoms with Crippen LogP contribution in [0.15, 0.2) is 24.3 Å². The summed E-state index contributed by atoms with van der Waals surface area (Å²) in [7, 11) is 0. The van der Waals surface area contributed by atoms with Gasteiger partial charge in [-0.15, -0.1) is 0 Å². The molecule has 1 rings (SSSR count). The van der Waals surface area contributed by atoms with Gasteiger partial charge in [0.05, 0.1) is 6.04 Å². The zero-order valence-corrected chi connectivity index (χ0v) is 11.9. The Balaban J connectivity index is 2.78. The summed E-state index contributed by atoms with van der Waals surface area (Å²) in [5.74, 6) is -0.216. The van der Waals surface area contributed by atoms with Gasteiger partial charge in [-0.25, -0.2) is 4.39 Å². The van der Waals surface area contributed by atoms with Gasteiger partial charge in [0.15, 0.2) is 0 Å². The fourth-order valence-electron chi connectivity index (χ4n) is 2.07. The van der Waals surface area contributed by atoms with Gasteiger partial charge in [0, 0.05) is 19.0 Å². The van der Waals surface area contributed by atoms with Gasteiger partial charge in [0.2, 0.25) is 5.91 Å². The monoisotopic (exact) mass is 266 g/mol. The highest BCUT2D eigenvalue weighted by Gasteiger charge is 2.21. The van der Waals surface area contributed by atoms with Crippen molar-refractivity contribution in [3.63, 3.8) is 0 Å². The highest BCUT2D eigenvalue weighted by molar-refractivity contribution is 5.77. The van der Waals surface area contributed by atoms with Crippen LogP contribution in [0, 0.1) is 5.82 Å². The van der Waals surface area contributed by atoms with Gasteiger partial charge in [-0.2, -0.15) is 0 Å². The summed E-state index contributed by atoms with van der Waals surface area (Å²) in [4.78, 5) is 14.0. The van der Waals surface area contributed by atoms with Gasteiger partial charge in [0.25, 0.3) is 0 Å². The van der Waals surface area contributed by atoms with Crippen LogP contribution in [0.25, 0.3) is 0 Å². The topological polar surface area (TPSA) is 46.3 Å². The Morgan fingerprint density at radius 3 is 2.37 bits per heavy atom. The van der Waals surface area contributed by atoms with Gasteiger partial charge in [-0.05, 0) is 38.0 Å². The molecule has 106 valence electrons. The smallest absolute Gasteiger partial charge is 0.224 e. The number of nitrogens with two attached hydrogens (primary N) is 1. The second-order valence-corrected chi connectivity index (χ2v) is 4.78. The Morgan fingerprint density at radius 2 is 1.89 bits per heavy atom. The predicted octanol–water partition coefficient (Wildman–Crippen LogP) is 2.86. The SMILES string of the molecule is CCC(N)CC(=O)N(CC)C(C)c1ccc(F)cc1. The highest BCUT2D eigenvalue weighted by Crippen LogP contribution is 2.21. The van der Waals surface area contributed by atoms with Crippen LogP contribution in [0.4, 0.5) is 4.39 Å². The standard InChI is InChI=1S/C15H23FN2O/c1-4-14(17)10-15(19)18(5-2)11(3)12-6-8-13(16)9-7-12/h6-9,11,14H,4-5,10,17H2,1-3H3. The minimum Gasteiger partial charge on any atom is -0.336 e. The Labute approximate surface area is 114 Å². The van der Waals surface area contributed by atoms with Crippen LogP contribution >= 0.6 is 0 Å². The average Bonchev–Trinajstić information content (AvgIpc) is 2.40. The third kappa shape index (κ3) is 4.31. The molecule has 1 aromatic carbocycles. The number of amides is 1. The molecule has 2 atom stereocenters. The molecular weight excluding hydrogens is 243 g/mol. The summed E-state index contributed by atoms with van der Waals surface area (Å²) >= 11 is 0. The van der Waals surface area contributed by atoms with Crippen molar-refractivity contribution >= 4 is 5.91 Å². The highest BCUT2D eigenvalue weighted by atomic mass is 19.1. The van der Waals surface area contributed by atoms with Crippen LogP contribution in [-0.2, 0) is 4.79 Å². The van der Waals surface area contributed by atoms with E-state index in [0.29, 0.717) is 13.0 Å². The van der Waals surface area contributed by atoms with E-state index in [0.717, 1.165) is 12.0 Å². The number of carbonyl (C=O) groups is 1. The first-order chi connectivity index (χ1) is 8.99. The number of hydrogen-bond acceptors (Lipinski definition) is 2. The lowest BCUT2D eigenvalue weighted by atomic mass is 10.1. The van der Waals surface area contributed by atoms with Crippen LogP contribution in [0.3, 0.4) is 0 Å². The largest absolute Gasteiger partial charge is 0.336 e. The fourth-order valence-corrected chi connectivity index (χ4v) is 2.07. The van der Waals surface area contributed by atoms with E-state index in [1.807, 2.05) is 20.8 Å². The van der Waals surface area contributed by atoms with Gasteiger partial charge in [-0.1, -0.05) is 19.1 Å². The van der Waals surface area contributed by atoms with Crippen LogP contribution in [0.1, 0.15) is 45.2 Å². The van der Waals surface area contributed by atoms with Crippen LogP contribution in [0.5, 0.6) is 0 Å². The quantitative estimate of drug-likeness (QED) is 0.860. The molecule has 3 nitrogen and oxygen atoms in total. The number of rotatable bonds is 6. The molecule has 0 fully saturated rings. The summed E-state index contributed by atoms with van der Waals surface area (Å²) in [5, 5.41) is 0. The first-order valence-electron chi connectivity index (χ1n) is 6.80. The number of halogens is 1. The minimum absolute atomic E-state index is 0.0497. The van der Waals surface area contributed by atoms with E-state index in [2.05, 4.69) is 0 Å². The summed E-state index contributed by atoms with van der Waals surface area (Å²) < 4.78 is 12.9. The molecule has 0 saturated heterocycles. The van der Waals surface area contributed by atoms with Gasteiger partial charge >= 0.3 is 0 Å². The minimum atomic E-state index is -0.265. The lowest BCUT2D eigenvalue weighted by molar-refractivity contribution is -0.133. The van der Waals surface area contributed by atoms with Gasteiger partial charge in [0.1, 0.15) is 5.82 Å². The Hall–Kier alpha value is -1.42. The van der Waals surface area contributed by atoms with Crippen LogP contribution < -0.4 is 5.73 Å². The molecule has 0 aromatic heterocycles. The Bertz CT molecular complexity index is 405. The van der Waals surface area contributed by atoms with E-state index < -0.39 is 0 Å². The molecule has 1 amide bonds. The first kappa shape index (κ1) is 15.6. The maximum atomic E-state index is 12.9. The van der Waals surface area contributed by atoms with Crippen molar-refractivity contribution in [3.05, 3.63) is 35.6 Å². The molecule has 19 heavy (non-hydrogen) atoms. The fraction of sp³-hybridized carbons (Fsp3) is 0.533. The van der Waals surface area contributed by atoms with Crippen molar-refractivity contribution in [1.29, 1.82) is 0 Å². The molecule has 2 N–H and O–H groups in total. The lowest BCUT2D eigenvalue weighted by Crippen LogP contribution is -2.37. The molecule has 0 saturated carbocycles. The van der Waals surface area contributed by atoms with E-state index >= 15 is 0 Å². The molecule has 4 heteroatoms. The van der Waals surface area contributed by atoms with Crippen molar-refractivity contribution in [2.45, 2.75) is 45.7 Å². The van der Waals surface area contributed by atoms with E-state index in [1.165, 1.54) is 12.1 Å². The van der Waals surface area contributed by atoms with Gasteiger partial charge < -0.3 is 10.6 Å². The Morgan fingerprint density at radius 1 is 1.32 bits per heavy atom. The van der Waals surface area contributed by atoms with Gasteiger partial charge in [-0.3, -0.25) is 4.79 Å². The number of benzene rings is 1. The van der Waals surface area contributed by atoms with Crippen molar-refractivity contribution in [3.8, 4) is 0 Å². The number of hydrogen-bond donors (Lipinski definition) is 1. The van der Waals surface area contributed by atoms with Crippen LogP contribution in [-0.4, -0.2) is 23.4 Å². The molecule has 0 aliphatic rings. The zero-order valence-electron chi connectivity index (χ0n) is 11.9. The lowest BCUT2D eigenvalue weighted by Gasteiger charge is -2.29. The summed E-state index contributed by atoms with van der Waals surface area (Å²) in [6.07, 6.45) is 1.14. The first-order valence-corrected chi connectivity index (χ1v) is 6.80. The van der Waals surface area contributed by atoms with Crippen molar-refractivity contribution in [1.82, 2.24) is 4.90 Å². The zero-order chi connectivity index (χ0) is 14.4. The molecule has 2 unspecified atom stereocenters. The van der Waals surface area contributed by atoms with E-state index in [-0.39, 0.29) is 23.8 Å². The van der Waals surface area contributed by atoms with Crippen molar-refractivity contribution < 1.29 is 9.18 Å². The number of carbonyl (C=O) groups excluding carboxylic acids is 1. The van der Waals surface area contributed by atoms with E-state index in [9.17, 15) is 9.18 Å². The maximum Gasteiger partial charge on any atom is 0.224 e. The molecule has 1 aromatic rings. The summed E-state index contributed by atoms with van der Waals surface area (Å²) in [6.45, 7) is 6.48. The Kier molecular flexibility index (Phi) is 5.96. The molecular formula is C15H23FN2O.